The van der Waals surface area contributed by atoms with E-state index in [9.17, 15) is 4.79 Å². The van der Waals surface area contributed by atoms with Crippen LogP contribution in [0.2, 0.25) is 0 Å². The SMILES string of the molecule is COc1ccc(C(NC(=O)Cc2ccc(OCc3c(C)noc3C)cc2)c2ccccc2)cc1. The molecule has 6 nitrogen and oxygen atoms in total. The zero-order valence-corrected chi connectivity index (χ0v) is 19.6. The number of methoxy groups -OCH3 is 1. The molecule has 1 atom stereocenters. The molecular formula is C28H28N2O4. The van der Waals surface area contributed by atoms with Crippen LogP contribution in [0.4, 0.5) is 0 Å². The van der Waals surface area contributed by atoms with Gasteiger partial charge in [-0.1, -0.05) is 59.8 Å². The standard InChI is InChI=1S/C28H28N2O4/c1-19-26(20(2)34-30-19)18-33-25-13-9-21(10-14-25)17-27(31)29-28(22-7-5-4-6-8-22)23-11-15-24(32-3)16-12-23/h4-16,28H,17-18H2,1-3H3,(H,29,31). The first kappa shape index (κ1) is 23.1. The smallest absolute Gasteiger partial charge is 0.225 e. The summed E-state index contributed by atoms with van der Waals surface area (Å²) in [5.41, 5.74) is 4.70. The summed E-state index contributed by atoms with van der Waals surface area (Å²) in [5.74, 6) is 2.20. The first-order valence-electron chi connectivity index (χ1n) is 11.1. The third-order valence-electron chi connectivity index (χ3n) is 5.74. The molecule has 0 aliphatic carbocycles. The van der Waals surface area contributed by atoms with E-state index in [2.05, 4.69) is 10.5 Å². The average molecular weight is 457 g/mol. The summed E-state index contributed by atoms with van der Waals surface area (Å²) < 4.78 is 16.3. The summed E-state index contributed by atoms with van der Waals surface area (Å²) in [7, 11) is 1.64. The fourth-order valence-electron chi connectivity index (χ4n) is 3.77. The first-order valence-corrected chi connectivity index (χ1v) is 11.1. The number of amides is 1. The van der Waals surface area contributed by atoms with Gasteiger partial charge in [-0.2, -0.15) is 0 Å². The molecule has 0 saturated carbocycles. The molecule has 174 valence electrons. The number of carbonyl (C=O) groups excluding carboxylic acids is 1. The maximum Gasteiger partial charge on any atom is 0.225 e. The van der Waals surface area contributed by atoms with Crippen molar-refractivity contribution in [1.29, 1.82) is 0 Å². The monoisotopic (exact) mass is 456 g/mol. The minimum absolute atomic E-state index is 0.0611. The molecule has 0 radical (unpaired) electrons. The van der Waals surface area contributed by atoms with Gasteiger partial charge < -0.3 is 19.3 Å². The molecule has 1 amide bonds. The fourth-order valence-corrected chi connectivity index (χ4v) is 3.77. The minimum Gasteiger partial charge on any atom is -0.497 e. The number of nitrogens with zero attached hydrogens (tertiary/aromatic N) is 1. The van der Waals surface area contributed by atoms with Gasteiger partial charge in [-0.05, 0) is 54.8 Å². The van der Waals surface area contributed by atoms with Crippen LogP contribution in [-0.4, -0.2) is 18.2 Å². The molecule has 0 saturated heterocycles. The Morgan fingerprint density at radius 3 is 2.18 bits per heavy atom. The van der Waals surface area contributed by atoms with E-state index in [0.717, 1.165) is 45.2 Å². The van der Waals surface area contributed by atoms with Gasteiger partial charge in [0.25, 0.3) is 0 Å². The summed E-state index contributed by atoms with van der Waals surface area (Å²) in [4.78, 5) is 12.9. The van der Waals surface area contributed by atoms with E-state index < -0.39 is 0 Å². The van der Waals surface area contributed by atoms with Gasteiger partial charge in [0.05, 0.1) is 30.8 Å². The number of hydrogen-bond acceptors (Lipinski definition) is 5. The van der Waals surface area contributed by atoms with E-state index in [-0.39, 0.29) is 18.4 Å². The van der Waals surface area contributed by atoms with Crippen molar-refractivity contribution in [3.05, 3.63) is 113 Å². The highest BCUT2D eigenvalue weighted by Gasteiger charge is 2.17. The van der Waals surface area contributed by atoms with Gasteiger partial charge in [0.2, 0.25) is 5.91 Å². The molecule has 34 heavy (non-hydrogen) atoms. The van der Waals surface area contributed by atoms with Crippen LogP contribution in [-0.2, 0) is 17.8 Å². The lowest BCUT2D eigenvalue weighted by Crippen LogP contribution is -2.30. The van der Waals surface area contributed by atoms with Crippen LogP contribution in [0.3, 0.4) is 0 Å². The summed E-state index contributed by atoms with van der Waals surface area (Å²) in [6.45, 7) is 4.15. The van der Waals surface area contributed by atoms with Gasteiger partial charge in [-0.25, -0.2) is 0 Å². The Morgan fingerprint density at radius 2 is 1.56 bits per heavy atom. The average Bonchev–Trinajstić information content (AvgIpc) is 3.19. The van der Waals surface area contributed by atoms with Gasteiger partial charge in [0.15, 0.2) is 0 Å². The van der Waals surface area contributed by atoms with E-state index in [1.54, 1.807) is 7.11 Å². The molecule has 1 unspecified atom stereocenters. The normalized spacial score (nSPS) is 11.6. The Morgan fingerprint density at radius 1 is 0.912 bits per heavy atom. The lowest BCUT2D eigenvalue weighted by Gasteiger charge is -2.20. The molecule has 1 N–H and O–H groups in total. The van der Waals surface area contributed by atoms with Crippen molar-refractivity contribution in [1.82, 2.24) is 10.5 Å². The Hall–Kier alpha value is -4.06. The molecule has 0 fully saturated rings. The highest BCUT2D eigenvalue weighted by atomic mass is 16.5. The van der Waals surface area contributed by atoms with Crippen molar-refractivity contribution in [2.75, 3.05) is 7.11 Å². The Balaban J connectivity index is 1.41. The zero-order chi connectivity index (χ0) is 23.9. The van der Waals surface area contributed by atoms with Crippen LogP contribution in [0.25, 0.3) is 0 Å². The van der Waals surface area contributed by atoms with Crippen molar-refractivity contribution in [2.24, 2.45) is 0 Å². The molecule has 4 rings (SSSR count). The number of hydrogen-bond donors (Lipinski definition) is 1. The van der Waals surface area contributed by atoms with Crippen molar-refractivity contribution in [3.8, 4) is 11.5 Å². The first-order chi connectivity index (χ1) is 16.5. The summed E-state index contributed by atoms with van der Waals surface area (Å²) in [6.07, 6.45) is 0.267. The topological polar surface area (TPSA) is 73.6 Å². The van der Waals surface area contributed by atoms with E-state index in [4.69, 9.17) is 14.0 Å². The van der Waals surface area contributed by atoms with E-state index in [1.807, 2.05) is 92.7 Å². The summed E-state index contributed by atoms with van der Waals surface area (Å²) >= 11 is 0. The third kappa shape index (κ3) is 5.64. The van der Waals surface area contributed by atoms with Gasteiger partial charge in [0, 0.05) is 0 Å². The van der Waals surface area contributed by atoms with E-state index in [1.165, 1.54) is 0 Å². The summed E-state index contributed by atoms with van der Waals surface area (Å²) in [6, 6.07) is 25.0. The number of ether oxygens (including phenoxy) is 2. The second-order valence-corrected chi connectivity index (χ2v) is 8.10. The van der Waals surface area contributed by atoms with Crippen LogP contribution in [0.5, 0.6) is 11.5 Å². The van der Waals surface area contributed by atoms with Gasteiger partial charge in [-0.15, -0.1) is 0 Å². The minimum atomic E-state index is -0.253. The maximum absolute atomic E-state index is 12.9. The maximum atomic E-state index is 12.9. The Kier molecular flexibility index (Phi) is 7.28. The molecule has 0 aliphatic rings. The number of benzene rings is 3. The molecule has 0 aliphatic heterocycles. The molecule has 1 aromatic heterocycles. The Bertz CT molecular complexity index is 1200. The molecule has 4 aromatic rings. The number of aryl methyl sites for hydroxylation is 2. The molecular weight excluding hydrogens is 428 g/mol. The second kappa shape index (κ2) is 10.7. The second-order valence-electron chi connectivity index (χ2n) is 8.10. The highest BCUT2D eigenvalue weighted by molar-refractivity contribution is 5.79. The predicted molar refractivity (Wildman–Crippen MR) is 130 cm³/mol. The van der Waals surface area contributed by atoms with Crippen LogP contribution in [0.1, 0.15) is 39.7 Å². The lowest BCUT2D eigenvalue weighted by molar-refractivity contribution is -0.120. The highest BCUT2D eigenvalue weighted by Crippen LogP contribution is 2.25. The van der Waals surface area contributed by atoms with Crippen molar-refractivity contribution in [3.63, 3.8) is 0 Å². The van der Waals surface area contributed by atoms with Crippen LogP contribution in [0.15, 0.2) is 83.4 Å². The number of nitrogens with one attached hydrogen (secondary N) is 1. The molecule has 6 heteroatoms. The lowest BCUT2D eigenvalue weighted by atomic mass is 9.98. The summed E-state index contributed by atoms with van der Waals surface area (Å²) in [5, 5.41) is 7.12. The quantitative estimate of drug-likeness (QED) is 0.369. The van der Waals surface area contributed by atoms with Gasteiger partial charge >= 0.3 is 0 Å². The van der Waals surface area contributed by atoms with Gasteiger partial charge in [-0.3, -0.25) is 4.79 Å². The van der Waals surface area contributed by atoms with Crippen LogP contribution >= 0.6 is 0 Å². The van der Waals surface area contributed by atoms with Crippen molar-refractivity contribution in [2.45, 2.75) is 32.9 Å². The molecule has 3 aromatic carbocycles. The number of rotatable bonds is 9. The molecule has 1 heterocycles. The van der Waals surface area contributed by atoms with Gasteiger partial charge in [0.1, 0.15) is 23.9 Å². The fraction of sp³-hybridized carbons (Fsp3) is 0.214. The van der Waals surface area contributed by atoms with Crippen LogP contribution in [0, 0.1) is 13.8 Å². The Labute approximate surface area is 199 Å². The molecule has 0 spiro atoms. The number of carbonyl (C=O) groups is 1. The van der Waals surface area contributed by atoms with Crippen molar-refractivity contribution < 1.29 is 18.8 Å². The predicted octanol–water partition coefficient (Wildman–Crippen LogP) is 5.33. The van der Waals surface area contributed by atoms with Crippen LogP contribution < -0.4 is 14.8 Å². The van der Waals surface area contributed by atoms with E-state index >= 15 is 0 Å². The van der Waals surface area contributed by atoms with Crippen molar-refractivity contribution >= 4 is 5.91 Å². The third-order valence-corrected chi connectivity index (χ3v) is 5.74. The zero-order valence-electron chi connectivity index (χ0n) is 19.6. The number of aromatic nitrogens is 1. The molecule has 0 bridgehead atoms. The largest absolute Gasteiger partial charge is 0.497 e. The van der Waals surface area contributed by atoms with E-state index in [0.29, 0.717) is 6.61 Å².